The van der Waals surface area contributed by atoms with Crippen LogP contribution >= 0.6 is 27.3 Å². The predicted octanol–water partition coefficient (Wildman–Crippen LogP) is 3.55. The van der Waals surface area contributed by atoms with Gasteiger partial charge in [0.2, 0.25) is 5.95 Å². The molecule has 0 N–H and O–H groups in total. The summed E-state index contributed by atoms with van der Waals surface area (Å²) in [4.78, 5) is 26.4. The van der Waals surface area contributed by atoms with Gasteiger partial charge in [0.15, 0.2) is 0 Å². The molecule has 0 fully saturated rings. The Morgan fingerprint density at radius 3 is 2.81 bits per heavy atom. The van der Waals surface area contributed by atoms with Crippen LogP contribution in [-0.4, -0.2) is 41.6 Å². The number of anilines is 1. The lowest BCUT2D eigenvalue weighted by Gasteiger charge is -2.15. The smallest absolute Gasteiger partial charge is 0.326 e. The molecule has 0 bridgehead atoms. The van der Waals surface area contributed by atoms with Gasteiger partial charge in [0.05, 0.1) is 18.4 Å². The van der Waals surface area contributed by atoms with Crippen LogP contribution in [0.15, 0.2) is 46.5 Å². The number of hydrogen-bond donors (Lipinski definition) is 0. The number of nitrogens with zero attached hydrogens (tertiary/aromatic N) is 4. The van der Waals surface area contributed by atoms with Gasteiger partial charge in [0.1, 0.15) is 23.9 Å². The highest BCUT2D eigenvalue weighted by Crippen LogP contribution is 2.34. The van der Waals surface area contributed by atoms with Crippen LogP contribution in [0, 0.1) is 0 Å². The third-order valence-corrected chi connectivity index (χ3v) is 5.00. The van der Waals surface area contributed by atoms with Gasteiger partial charge < -0.3 is 14.4 Å². The van der Waals surface area contributed by atoms with Crippen molar-refractivity contribution in [1.29, 1.82) is 0 Å². The highest BCUT2D eigenvalue weighted by Gasteiger charge is 2.14. The van der Waals surface area contributed by atoms with Gasteiger partial charge in [-0.15, -0.1) is 11.3 Å². The first kappa shape index (κ1) is 19.2. The van der Waals surface area contributed by atoms with Crippen molar-refractivity contribution < 1.29 is 14.3 Å². The molecule has 0 saturated carbocycles. The van der Waals surface area contributed by atoms with Crippen LogP contribution in [0.3, 0.4) is 0 Å². The molecule has 3 aromatic rings. The van der Waals surface area contributed by atoms with E-state index in [1.165, 1.54) is 11.3 Å². The van der Waals surface area contributed by atoms with Gasteiger partial charge in [-0.1, -0.05) is 15.9 Å². The van der Waals surface area contributed by atoms with Gasteiger partial charge in [-0.05, 0) is 24.3 Å². The van der Waals surface area contributed by atoms with E-state index in [9.17, 15) is 4.79 Å². The molecule has 0 saturated heterocycles. The summed E-state index contributed by atoms with van der Waals surface area (Å²) < 4.78 is 11.6. The van der Waals surface area contributed by atoms with Crippen LogP contribution in [0.25, 0.3) is 10.6 Å². The molecular formula is C18H17BrN4O3S. The summed E-state index contributed by atoms with van der Waals surface area (Å²) in [5, 5.41) is 2.67. The van der Waals surface area contributed by atoms with Crippen LogP contribution in [0.5, 0.6) is 5.75 Å². The van der Waals surface area contributed by atoms with E-state index in [-0.39, 0.29) is 19.1 Å². The lowest BCUT2D eigenvalue weighted by atomic mass is 10.2. The Bertz CT molecular complexity index is 920. The number of carbonyl (C=O) groups excluding carboxylic acids is 1. The molecule has 0 aliphatic rings. The number of halogens is 1. The molecule has 27 heavy (non-hydrogen) atoms. The summed E-state index contributed by atoms with van der Waals surface area (Å²) in [6.45, 7) is 0.162. The quantitative estimate of drug-likeness (QED) is 0.511. The summed E-state index contributed by atoms with van der Waals surface area (Å²) in [5.41, 5.74) is 1.57. The third-order valence-electron chi connectivity index (χ3n) is 3.58. The van der Waals surface area contributed by atoms with E-state index in [0.717, 1.165) is 20.8 Å². The third kappa shape index (κ3) is 5.01. The zero-order valence-electron chi connectivity index (χ0n) is 14.8. The molecule has 140 valence electrons. The molecule has 9 heteroatoms. The first-order valence-corrected chi connectivity index (χ1v) is 9.66. The predicted molar refractivity (Wildman–Crippen MR) is 107 cm³/mol. The lowest BCUT2D eigenvalue weighted by Crippen LogP contribution is -2.28. The van der Waals surface area contributed by atoms with Gasteiger partial charge in [-0.25, -0.2) is 15.0 Å². The Morgan fingerprint density at radius 1 is 1.30 bits per heavy atom. The number of likely N-dealkylation sites (N-methyl/N-ethyl adjacent to an activating group) is 1. The van der Waals surface area contributed by atoms with Gasteiger partial charge in [-0.3, -0.25) is 4.79 Å². The van der Waals surface area contributed by atoms with E-state index in [4.69, 9.17) is 9.47 Å². The number of thiazole rings is 1. The maximum atomic E-state index is 12.1. The zero-order valence-corrected chi connectivity index (χ0v) is 17.2. The molecule has 2 aromatic heterocycles. The van der Waals surface area contributed by atoms with E-state index in [2.05, 4.69) is 30.9 Å². The van der Waals surface area contributed by atoms with E-state index < -0.39 is 0 Å². The van der Waals surface area contributed by atoms with E-state index in [1.807, 2.05) is 23.6 Å². The largest absolute Gasteiger partial charge is 0.496 e. The molecule has 0 radical (unpaired) electrons. The van der Waals surface area contributed by atoms with Crippen LogP contribution in [-0.2, 0) is 16.1 Å². The maximum absolute atomic E-state index is 12.1. The second-order valence-corrected chi connectivity index (χ2v) is 7.33. The number of benzene rings is 1. The molecule has 0 unspecified atom stereocenters. The number of methoxy groups -OCH3 is 1. The molecule has 7 nitrogen and oxygen atoms in total. The summed E-state index contributed by atoms with van der Waals surface area (Å²) >= 11 is 4.93. The second kappa shape index (κ2) is 8.92. The number of hydrogen-bond acceptors (Lipinski definition) is 8. The SMILES string of the molecule is COc1ccc(Br)cc1-c1nc(COC(=O)CN(C)c2ncccn2)cs1. The minimum absolute atomic E-state index is 0.0560. The highest BCUT2D eigenvalue weighted by atomic mass is 79.9. The number of ether oxygens (including phenoxy) is 2. The highest BCUT2D eigenvalue weighted by molar-refractivity contribution is 9.10. The lowest BCUT2D eigenvalue weighted by molar-refractivity contribution is -0.143. The first-order chi connectivity index (χ1) is 13.1. The summed E-state index contributed by atoms with van der Waals surface area (Å²) in [7, 11) is 3.35. The molecule has 0 amide bonds. The summed E-state index contributed by atoms with van der Waals surface area (Å²) in [6, 6.07) is 7.45. The topological polar surface area (TPSA) is 77.4 Å². The van der Waals surface area contributed by atoms with Crippen molar-refractivity contribution in [2.45, 2.75) is 6.61 Å². The first-order valence-electron chi connectivity index (χ1n) is 7.99. The van der Waals surface area contributed by atoms with Crippen LogP contribution in [0.2, 0.25) is 0 Å². The molecule has 1 aromatic carbocycles. The van der Waals surface area contributed by atoms with E-state index >= 15 is 0 Å². The Balaban J connectivity index is 1.60. The van der Waals surface area contributed by atoms with Crippen molar-refractivity contribution in [3.8, 4) is 16.3 Å². The van der Waals surface area contributed by atoms with Crippen molar-refractivity contribution in [3.05, 3.63) is 52.2 Å². The monoisotopic (exact) mass is 448 g/mol. The Morgan fingerprint density at radius 2 is 2.07 bits per heavy atom. The van der Waals surface area contributed by atoms with Crippen LogP contribution in [0.4, 0.5) is 5.95 Å². The van der Waals surface area contributed by atoms with E-state index in [1.54, 1.807) is 37.5 Å². The number of carbonyl (C=O) groups is 1. The van der Waals surface area contributed by atoms with Gasteiger partial charge >= 0.3 is 5.97 Å². The van der Waals surface area contributed by atoms with E-state index in [0.29, 0.717) is 11.6 Å². The fourth-order valence-electron chi connectivity index (χ4n) is 2.30. The van der Waals surface area contributed by atoms with Crippen molar-refractivity contribution in [2.24, 2.45) is 0 Å². The van der Waals surface area contributed by atoms with Gasteiger partial charge in [-0.2, -0.15) is 0 Å². The van der Waals surface area contributed by atoms with Crippen LogP contribution < -0.4 is 9.64 Å². The minimum atomic E-state index is -0.375. The average molecular weight is 449 g/mol. The minimum Gasteiger partial charge on any atom is -0.496 e. The van der Waals surface area contributed by atoms with Crippen LogP contribution in [0.1, 0.15) is 5.69 Å². The number of rotatable bonds is 7. The molecule has 0 aliphatic heterocycles. The molecular weight excluding hydrogens is 432 g/mol. The molecule has 3 rings (SSSR count). The number of aromatic nitrogens is 3. The Labute approximate surface area is 169 Å². The summed E-state index contributed by atoms with van der Waals surface area (Å²) in [5.74, 6) is 0.826. The normalized spacial score (nSPS) is 10.5. The molecule has 0 atom stereocenters. The van der Waals surface area contributed by atoms with Crippen molar-refractivity contribution >= 4 is 39.2 Å². The Kier molecular flexibility index (Phi) is 6.36. The molecule has 0 spiro atoms. The maximum Gasteiger partial charge on any atom is 0.326 e. The Hall–Kier alpha value is -2.52. The zero-order chi connectivity index (χ0) is 19.2. The average Bonchev–Trinajstić information content (AvgIpc) is 3.16. The fourth-order valence-corrected chi connectivity index (χ4v) is 3.48. The van der Waals surface area contributed by atoms with Gasteiger partial charge in [0, 0.05) is 29.3 Å². The second-order valence-electron chi connectivity index (χ2n) is 5.55. The van der Waals surface area contributed by atoms with Crippen molar-refractivity contribution in [3.63, 3.8) is 0 Å². The number of esters is 1. The van der Waals surface area contributed by atoms with Crippen molar-refractivity contribution in [2.75, 3.05) is 25.6 Å². The fraction of sp³-hybridized carbons (Fsp3) is 0.222. The summed E-state index contributed by atoms with van der Waals surface area (Å²) in [6.07, 6.45) is 3.24. The van der Waals surface area contributed by atoms with Gasteiger partial charge in [0.25, 0.3) is 0 Å². The van der Waals surface area contributed by atoms with Crippen molar-refractivity contribution in [1.82, 2.24) is 15.0 Å². The standard InChI is InChI=1S/C18H17BrN4O3S/c1-23(18-20-6-3-7-21-18)9-16(24)26-10-13-11-27-17(22-13)14-8-12(19)4-5-15(14)25-2/h3-8,11H,9-10H2,1-2H3. The molecule has 0 aliphatic carbocycles. The molecule has 2 heterocycles.